The number of nitrogens with one attached hydrogen (secondary N) is 1. The number of hydrogen-bond donors (Lipinski definition) is 2. The predicted octanol–water partition coefficient (Wildman–Crippen LogP) is 0.689. The van der Waals surface area contributed by atoms with Gasteiger partial charge in [-0.05, 0) is 31.5 Å². The van der Waals surface area contributed by atoms with E-state index in [1.165, 1.54) is 12.1 Å². The predicted molar refractivity (Wildman–Crippen MR) is 54.8 cm³/mol. The van der Waals surface area contributed by atoms with Gasteiger partial charge in [0.1, 0.15) is 11.5 Å². The van der Waals surface area contributed by atoms with Crippen molar-refractivity contribution in [3.63, 3.8) is 0 Å². The van der Waals surface area contributed by atoms with Crippen molar-refractivity contribution < 1.29 is 9.18 Å². The summed E-state index contributed by atoms with van der Waals surface area (Å²) in [6.45, 7) is 1.18. The molecule has 0 atom stereocenters. The highest BCUT2D eigenvalue weighted by Crippen LogP contribution is 1.97. The van der Waals surface area contributed by atoms with Crippen LogP contribution in [0.25, 0.3) is 0 Å². The standard InChI is InChI=1S/C10H14FN3O/c11-8-3-4-9(14-7-8)10(15)13-6-2-1-5-12/h3-4,7H,1-2,5-6,12H2,(H,13,15). The van der Waals surface area contributed by atoms with Gasteiger partial charge in [0.2, 0.25) is 0 Å². The van der Waals surface area contributed by atoms with Crippen LogP contribution in [0.2, 0.25) is 0 Å². The van der Waals surface area contributed by atoms with Gasteiger partial charge in [0, 0.05) is 6.54 Å². The fourth-order valence-electron chi connectivity index (χ4n) is 1.07. The Morgan fingerprint density at radius 2 is 2.27 bits per heavy atom. The van der Waals surface area contributed by atoms with Gasteiger partial charge in [-0.25, -0.2) is 9.37 Å². The molecule has 0 radical (unpaired) electrons. The normalized spacial score (nSPS) is 10.0. The van der Waals surface area contributed by atoms with Gasteiger partial charge in [-0.15, -0.1) is 0 Å². The summed E-state index contributed by atoms with van der Waals surface area (Å²) in [4.78, 5) is 15.1. The van der Waals surface area contributed by atoms with E-state index in [4.69, 9.17) is 5.73 Å². The fourth-order valence-corrected chi connectivity index (χ4v) is 1.07. The highest BCUT2D eigenvalue weighted by molar-refractivity contribution is 5.92. The van der Waals surface area contributed by atoms with Crippen LogP contribution in [-0.2, 0) is 0 Å². The van der Waals surface area contributed by atoms with Gasteiger partial charge < -0.3 is 11.1 Å². The molecule has 82 valence electrons. The third-order valence-corrected chi connectivity index (χ3v) is 1.88. The molecule has 0 fully saturated rings. The summed E-state index contributed by atoms with van der Waals surface area (Å²) >= 11 is 0. The van der Waals surface area contributed by atoms with Gasteiger partial charge in [-0.2, -0.15) is 0 Å². The van der Waals surface area contributed by atoms with Crippen molar-refractivity contribution >= 4 is 5.91 Å². The number of pyridine rings is 1. The molecule has 0 aliphatic rings. The van der Waals surface area contributed by atoms with Crippen LogP contribution in [0.1, 0.15) is 23.3 Å². The first-order chi connectivity index (χ1) is 7.24. The molecule has 1 amide bonds. The summed E-state index contributed by atoms with van der Waals surface area (Å²) in [5, 5.41) is 2.67. The van der Waals surface area contributed by atoms with E-state index in [2.05, 4.69) is 10.3 Å². The fraction of sp³-hybridized carbons (Fsp3) is 0.400. The maximum Gasteiger partial charge on any atom is 0.269 e. The van der Waals surface area contributed by atoms with Crippen molar-refractivity contribution in [1.82, 2.24) is 10.3 Å². The monoisotopic (exact) mass is 211 g/mol. The average Bonchev–Trinajstić information content (AvgIpc) is 2.25. The SMILES string of the molecule is NCCCCNC(=O)c1ccc(F)cn1. The third-order valence-electron chi connectivity index (χ3n) is 1.88. The van der Waals surface area contributed by atoms with Crippen molar-refractivity contribution in [3.8, 4) is 0 Å². The van der Waals surface area contributed by atoms with Gasteiger partial charge in [-0.1, -0.05) is 0 Å². The van der Waals surface area contributed by atoms with E-state index >= 15 is 0 Å². The lowest BCUT2D eigenvalue weighted by atomic mass is 10.3. The number of nitrogens with zero attached hydrogens (tertiary/aromatic N) is 1. The number of rotatable bonds is 5. The maximum absolute atomic E-state index is 12.5. The minimum absolute atomic E-state index is 0.226. The highest BCUT2D eigenvalue weighted by atomic mass is 19.1. The first kappa shape index (κ1) is 11.6. The molecule has 0 aliphatic carbocycles. The van der Waals surface area contributed by atoms with E-state index in [9.17, 15) is 9.18 Å². The number of hydrogen-bond acceptors (Lipinski definition) is 3. The van der Waals surface area contributed by atoms with Crippen LogP contribution < -0.4 is 11.1 Å². The van der Waals surface area contributed by atoms with Gasteiger partial charge in [0.25, 0.3) is 5.91 Å². The molecule has 0 saturated carbocycles. The maximum atomic E-state index is 12.5. The number of carbonyl (C=O) groups is 1. The van der Waals surface area contributed by atoms with Crippen LogP contribution in [0.15, 0.2) is 18.3 Å². The summed E-state index contributed by atoms with van der Waals surface area (Å²) in [5.74, 6) is -0.735. The molecule has 0 bridgehead atoms. The zero-order valence-corrected chi connectivity index (χ0v) is 8.37. The van der Waals surface area contributed by atoms with Crippen LogP contribution in [0.5, 0.6) is 0 Å². The summed E-state index contributed by atoms with van der Waals surface area (Å²) in [7, 11) is 0. The van der Waals surface area contributed by atoms with Crippen molar-refractivity contribution in [2.75, 3.05) is 13.1 Å². The van der Waals surface area contributed by atoms with Crippen LogP contribution in [0.3, 0.4) is 0 Å². The van der Waals surface area contributed by atoms with E-state index in [1.807, 2.05) is 0 Å². The van der Waals surface area contributed by atoms with Crippen LogP contribution in [0.4, 0.5) is 4.39 Å². The van der Waals surface area contributed by atoms with Crippen LogP contribution in [0, 0.1) is 5.82 Å². The summed E-state index contributed by atoms with van der Waals surface area (Å²) in [6.07, 6.45) is 2.73. The quantitative estimate of drug-likeness (QED) is 0.704. The molecule has 5 heteroatoms. The van der Waals surface area contributed by atoms with Crippen molar-refractivity contribution in [2.24, 2.45) is 5.73 Å². The number of aromatic nitrogens is 1. The van der Waals surface area contributed by atoms with Gasteiger partial charge in [0.15, 0.2) is 0 Å². The lowest BCUT2D eigenvalue weighted by molar-refractivity contribution is 0.0948. The third kappa shape index (κ3) is 4.03. The minimum atomic E-state index is -0.449. The Labute approximate surface area is 87.7 Å². The van der Waals surface area contributed by atoms with Crippen LogP contribution >= 0.6 is 0 Å². The molecule has 4 nitrogen and oxygen atoms in total. The Morgan fingerprint density at radius 3 is 2.87 bits per heavy atom. The van der Waals surface area contributed by atoms with E-state index in [-0.39, 0.29) is 11.6 Å². The molecule has 0 aliphatic heterocycles. The second kappa shape index (κ2) is 6.08. The summed E-state index contributed by atoms with van der Waals surface area (Å²) in [6, 6.07) is 2.56. The topological polar surface area (TPSA) is 68.0 Å². The lowest BCUT2D eigenvalue weighted by Gasteiger charge is -2.03. The number of nitrogens with two attached hydrogens (primary N) is 1. The number of carbonyl (C=O) groups excluding carboxylic acids is 1. The molecule has 0 saturated heterocycles. The molecular formula is C10H14FN3O. The number of unbranched alkanes of at least 4 members (excludes halogenated alkanes) is 1. The average molecular weight is 211 g/mol. The molecule has 15 heavy (non-hydrogen) atoms. The largest absolute Gasteiger partial charge is 0.351 e. The van der Waals surface area contributed by atoms with Crippen molar-refractivity contribution in [3.05, 3.63) is 29.8 Å². The molecule has 1 rings (SSSR count). The van der Waals surface area contributed by atoms with Crippen molar-refractivity contribution in [1.29, 1.82) is 0 Å². The lowest BCUT2D eigenvalue weighted by Crippen LogP contribution is -2.25. The van der Waals surface area contributed by atoms with Gasteiger partial charge >= 0.3 is 0 Å². The van der Waals surface area contributed by atoms with Crippen molar-refractivity contribution in [2.45, 2.75) is 12.8 Å². The Kier molecular flexibility index (Phi) is 4.70. The minimum Gasteiger partial charge on any atom is -0.351 e. The molecule has 1 aromatic rings. The zero-order valence-electron chi connectivity index (χ0n) is 8.37. The highest BCUT2D eigenvalue weighted by Gasteiger charge is 2.05. The summed E-state index contributed by atoms with van der Waals surface area (Å²) < 4.78 is 12.5. The van der Waals surface area contributed by atoms with E-state index in [0.717, 1.165) is 19.0 Å². The van der Waals surface area contributed by atoms with Crippen LogP contribution in [-0.4, -0.2) is 24.0 Å². The smallest absolute Gasteiger partial charge is 0.269 e. The molecule has 1 aromatic heterocycles. The van der Waals surface area contributed by atoms with Gasteiger partial charge in [0.05, 0.1) is 6.20 Å². The molecule has 0 spiro atoms. The Morgan fingerprint density at radius 1 is 1.47 bits per heavy atom. The first-order valence-corrected chi connectivity index (χ1v) is 4.84. The second-order valence-corrected chi connectivity index (χ2v) is 3.11. The van der Waals surface area contributed by atoms with E-state index in [1.54, 1.807) is 0 Å². The van der Waals surface area contributed by atoms with E-state index < -0.39 is 5.82 Å². The first-order valence-electron chi connectivity index (χ1n) is 4.84. The van der Waals surface area contributed by atoms with Gasteiger partial charge in [-0.3, -0.25) is 4.79 Å². The molecule has 3 N–H and O–H groups in total. The molecule has 0 aromatic carbocycles. The number of halogens is 1. The second-order valence-electron chi connectivity index (χ2n) is 3.11. The molecule has 0 unspecified atom stereocenters. The molecular weight excluding hydrogens is 197 g/mol. The molecule has 1 heterocycles. The summed E-state index contributed by atoms with van der Waals surface area (Å²) in [5.41, 5.74) is 5.53. The zero-order chi connectivity index (χ0) is 11.1. The Balaban J connectivity index is 2.37. The number of amides is 1. The Bertz CT molecular complexity index is 313. The Hall–Kier alpha value is -1.49. The van der Waals surface area contributed by atoms with E-state index in [0.29, 0.717) is 13.1 Å².